The van der Waals surface area contributed by atoms with E-state index in [9.17, 15) is 14.4 Å². The van der Waals surface area contributed by atoms with Crippen molar-refractivity contribution in [1.82, 2.24) is 9.55 Å². The fraction of sp³-hybridized carbons (Fsp3) is 0.360. The van der Waals surface area contributed by atoms with Crippen LogP contribution in [-0.2, 0) is 20.9 Å². The third-order valence-corrected chi connectivity index (χ3v) is 6.24. The van der Waals surface area contributed by atoms with E-state index >= 15 is 0 Å². The van der Waals surface area contributed by atoms with Crippen molar-refractivity contribution < 1.29 is 23.8 Å². The third kappa shape index (κ3) is 4.64. The normalized spacial score (nSPS) is 15.3. The van der Waals surface area contributed by atoms with Crippen LogP contribution in [0.1, 0.15) is 19.8 Å². The number of aromatic nitrogens is 2. The van der Waals surface area contributed by atoms with E-state index in [0.29, 0.717) is 61.1 Å². The average molecular weight is 479 g/mol. The Labute approximate surface area is 201 Å². The minimum Gasteiger partial charge on any atom is -0.466 e. The predicted octanol–water partition coefficient (Wildman–Crippen LogP) is 2.54. The second-order valence-corrected chi connectivity index (χ2v) is 8.45. The maximum absolute atomic E-state index is 13.0. The maximum Gasteiger partial charge on any atom is 0.350 e. The highest BCUT2D eigenvalue weighted by atomic mass is 16.7. The second kappa shape index (κ2) is 9.65. The van der Waals surface area contributed by atoms with Crippen LogP contribution in [0.5, 0.6) is 11.5 Å². The van der Waals surface area contributed by atoms with E-state index in [4.69, 9.17) is 14.2 Å². The number of anilines is 2. The molecule has 0 aliphatic carbocycles. The van der Waals surface area contributed by atoms with Crippen molar-refractivity contribution in [3.8, 4) is 11.5 Å². The van der Waals surface area contributed by atoms with Gasteiger partial charge in [-0.25, -0.2) is 4.79 Å². The Hall–Kier alpha value is -4.08. The van der Waals surface area contributed by atoms with E-state index in [1.54, 1.807) is 31.2 Å². The summed E-state index contributed by atoms with van der Waals surface area (Å²) in [6, 6.07) is 12.5. The number of piperidine rings is 1. The monoisotopic (exact) mass is 478 g/mol. The Kier molecular flexibility index (Phi) is 6.26. The Balaban J connectivity index is 1.36. The topological polar surface area (TPSA) is 112 Å². The summed E-state index contributed by atoms with van der Waals surface area (Å²) in [7, 11) is 0. The highest BCUT2D eigenvalue weighted by molar-refractivity contribution is 5.94. The molecule has 3 aromatic rings. The SMILES string of the molecule is CCOC(=O)C1CCN(c2nc(=O)n(CC(=O)Nc3ccc4c(c3)OCO4)c3ccccc23)CC1. The lowest BCUT2D eigenvalue weighted by Gasteiger charge is -2.32. The predicted molar refractivity (Wildman–Crippen MR) is 129 cm³/mol. The van der Waals surface area contributed by atoms with Crippen LogP contribution in [0.2, 0.25) is 0 Å². The molecule has 0 spiro atoms. The lowest BCUT2D eigenvalue weighted by Crippen LogP contribution is -2.39. The summed E-state index contributed by atoms with van der Waals surface area (Å²) in [5, 5.41) is 3.58. The summed E-state index contributed by atoms with van der Waals surface area (Å²) in [5.41, 5.74) is 0.661. The molecule has 1 aromatic heterocycles. The van der Waals surface area contributed by atoms with Gasteiger partial charge in [0.15, 0.2) is 11.5 Å². The van der Waals surface area contributed by atoms with Crippen LogP contribution in [0.15, 0.2) is 47.3 Å². The van der Waals surface area contributed by atoms with Gasteiger partial charge in [-0.1, -0.05) is 12.1 Å². The van der Waals surface area contributed by atoms with Gasteiger partial charge in [-0.05, 0) is 44.0 Å². The van der Waals surface area contributed by atoms with E-state index < -0.39 is 5.69 Å². The number of fused-ring (bicyclic) bond motifs is 2. The van der Waals surface area contributed by atoms with E-state index in [0.717, 1.165) is 5.39 Å². The van der Waals surface area contributed by atoms with Crippen LogP contribution in [0.25, 0.3) is 10.9 Å². The summed E-state index contributed by atoms with van der Waals surface area (Å²) >= 11 is 0. The smallest absolute Gasteiger partial charge is 0.350 e. The number of hydrogen-bond donors (Lipinski definition) is 1. The molecular formula is C25H26N4O6. The quantitative estimate of drug-likeness (QED) is 0.538. The molecule has 2 aliphatic heterocycles. The first-order chi connectivity index (χ1) is 17.0. The number of ether oxygens (including phenoxy) is 3. The molecule has 10 heteroatoms. The van der Waals surface area contributed by atoms with Gasteiger partial charge in [0.25, 0.3) is 0 Å². The Morgan fingerprint density at radius 1 is 1.11 bits per heavy atom. The molecule has 1 saturated heterocycles. The zero-order valence-electron chi connectivity index (χ0n) is 19.4. The molecule has 0 radical (unpaired) electrons. The van der Waals surface area contributed by atoms with Crippen LogP contribution >= 0.6 is 0 Å². The zero-order chi connectivity index (χ0) is 24.4. The first-order valence-corrected chi connectivity index (χ1v) is 11.6. The summed E-state index contributed by atoms with van der Waals surface area (Å²) in [5.74, 6) is 1.08. The Bertz CT molecular complexity index is 1330. The number of hydrogen-bond acceptors (Lipinski definition) is 8. The van der Waals surface area contributed by atoms with E-state index in [2.05, 4.69) is 10.3 Å². The molecule has 10 nitrogen and oxygen atoms in total. The molecule has 35 heavy (non-hydrogen) atoms. The number of para-hydroxylation sites is 1. The van der Waals surface area contributed by atoms with Gasteiger partial charge in [-0.15, -0.1) is 0 Å². The molecule has 0 unspecified atom stereocenters. The molecule has 3 heterocycles. The van der Waals surface area contributed by atoms with Crippen molar-refractivity contribution in [2.75, 3.05) is 36.7 Å². The van der Waals surface area contributed by atoms with Crippen LogP contribution < -0.4 is 25.4 Å². The molecule has 0 saturated carbocycles. The lowest BCUT2D eigenvalue weighted by atomic mass is 9.97. The number of amides is 1. The number of esters is 1. The van der Waals surface area contributed by atoms with Gasteiger partial charge in [-0.3, -0.25) is 14.2 Å². The highest BCUT2D eigenvalue weighted by Gasteiger charge is 2.28. The van der Waals surface area contributed by atoms with E-state index in [1.807, 2.05) is 23.1 Å². The second-order valence-electron chi connectivity index (χ2n) is 8.45. The molecule has 1 amide bonds. The van der Waals surface area contributed by atoms with Gasteiger partial charge < -0.3 is 24.4 Å². The molecule has 182 valence electrons. The first kappa shape index (κ1) is 22.7. The molecule has 0 atom stereocenters. The van der Waals surface area contributed by atoms with Crippen molar-refractivity contribution in [1.29, 1.82) is 0 Å². The Morgan fingerprint density at radius 2 is 1.89 bits per heavy atom. The minimum atomic E-state index is -0.507. The fourth-order valence-corrected chi connectivity index (χ4v) is 4.51. The van der Waals surface area contributed by atoms with Gasteiger partial charge in [0, 0.05) is 30.2 Å². The van der Waals surface area contributed by atoms with Crippen molar-refractivity contribution in [2.45, 2.75) is 26.3 Å². The van der Waals surface area contributed by atoms with Crippen LogP contribution in [0.3, 0.4) is 0 Å². The van der Waals surface area contributed by atoms with Crippen molar-refractivity contribution in [3.05, 3.63) is 52.9 Å². The standard InChI is InChI=1S/C25H26N4O6/c1-2-33-24(31)16-9-11-28(12-10-16)23-18-5-3-4-6-19(18)29(25(32)27-23)14-22(30)26-17-7-8-20-21(13-17)35-15-34-20/h3-8,13,16H,2,9-12,14-15H2,1H3,(H,26,30). The van der Waals surface area contributed by atoms with Crippen LogP contribution in [0, 0.1) is 5.92 Å². The van der Waals surface area contributed by atoms with Crippen LogP contribution in [-0.4, -0.2) is 47.9 Å². The molecule has 1 fully saturated rings. The molecule has 0 bridgehead atoms. The molecule has 5 rings (SSSR count). The van der Waals surface area contributed by atoms with Crippen LogP contribution in [0.4, 0.5) is 11.5 Å². The first-order valence-electron chi connectivity index (χ1n) is 11.6. The summed E-state index contributed by atoms with van der Waals surface area (Å²) in [6.07, 6.45) is 1.27. The molecule has 1 N–H and O–H groups in total. The minimum absolute atomic E-state index is 0.141. The third-order valence-electron chi connectivity index (χ3n) is 6.24. The van der Waals surface area contributed by atoms with E-state index in [-0.39, 0.29) is 31.1 Å². The van der Waals surface area contributed by atoms with Gasteiger partial charge in [-0.2, -0.15) is 4.98 Å². The largest absolute Gasteiger partial charge is 0.466 e. The maximum atomic E-state index is 13.0. The van der Waals surface area contributed by atoms with E-state index in [1.165, 1.54) is 4.57 Å². The van der Waals surface area contributed by atoms with Gasteiger partial charge in [0.05, 0.1) is 18.0 Å². The van der Waals surface area contributed by atoms with Crippen molar-refractivity contribution in [2.24, 2.45) is 5.92 Å². The number of benzene rings is 2. The molecule has 2 aliphatic rings. The van der Waals surface area contributed by atoms with Gasteiger partial charge in [0.2, 0.25) is 12.7 Å². The zero-order valence-corrected chi connectivity index (χ0v) is 19.4. The average Bonchev–Trinajstić information content (AvgIpc) is 3.34. The number of carbonyl (C=O) groups excluding carboxylic acids is 2. The van der Waals surface area contributed by atoms with Crippen molar-refractivity contribution >= 4 is 34.3 Å². The number of rotatable bonds is 6. The van der Waals surface area contributed by atoms with Crippen molar-refractivity contribution in [3.63, 3.8) is 0 Å². The molecule has 2 aromatic carbocycles. The number of carbonyl (C=O) groups is 2. The number of nitrogens with zero attached hydrogens (tertiary/aromatic N) is 3. The highest BCUT2D eigenvalue weighted by Crippen LogP contribution is 2.34. The summed E-state index contributed by atoms with van der Waals surface area (Å²) in [6.45, 7) is 3.31. The number of nitrogens with one attached hydrogen (secondary N) is 1. The Morgan fingerprint density at radius 3 is 2.69 bits per heavy atom. The summed E-state index contributed by atoms with van der Waals surface area (Å²) in [4.78, 5) is 44.3. The fourth-order valence-electron chi connectivity index (χ4n) is 4.51. The van der Waals surface area contributed by atoms with Gasteiger partial charge >= 0.3 is 11.7 Å². The lowest BCUT2D eigenvalue weighted by molar-refractivity contribution is -0.148. The van der Waals surface area contributed by atoms with Gasteiger partial charge in [0.1, 0.15) is 12.4 Å². The molecular weight excluding hydrogens is 452 g/mol. The summed E-state index contributed by atoms with van der Waals surface area (Å²) < 4.78 is 17.2.